The molecule has 0 unspecified atom stereocenters. The highest BCUT2D eigenvalue weighted by atomic mass is 35.6. The first kappa shape index (κ1) is 14.5. The van der Waals surface area contributed by atoms with Gasteiger partial charge >= 0.3 is 0 Å². The molecule has 96 valence electrons. The van der Waals surface area contributed by atoms with Crippen LogP contribution in [-0.4, -0.2) is 39.4 Å². The maximum atomic E-state index is 11.9. The Morgan fingerprint density at radius 1 is 1.53 bits per heavy atom. The van der Waals surface area contributed by atoms with Gasteiger partial charge in [0, 0.05) is 14.0 Å². The molecule has 0 radical (unpaired) electrons. The van der Waals surface area contributed by atoms with Gasteiger partial charge in [0.1, 0.15) is 5.92 Å². The van der Waals surface area contributed by atoms with E-state index in [0.29, 0.717) is 5.71 Å². The second-order valence-corrected chi connectivity index (χ2v) is 6.17. The summed E-state index contributed by atoms with van der Waals surface area (Å²) in [7, 11) is 1.51. The summed E-state index contributed by atoms with van der Waals surface area (Å²) in [6.45, 7) is 2.94. The molecule has 0 fully saturated rings. The maximum absolute atomic E-state index is 11.9. The van der Waals surface area contributed by atoms with Gasteiger partial charge in [-0.25, -0.2) is 5.01 Å². The number of amides is 2. The summed E-state index contributed by atoms with van der Waals surface area (Å²) in [6, 6.07) is -0.939. The SMILES string of the molecule is CC(=O)N[C@H]([C@@H]1C(=O)N(C)N=C1C)C(Cl)(Cl)Cl. The Bertz CT molecular complexity index is 378. The highest BCUT2D eigenvalue weighted by Crippen LogP contribution is 2.36. The molecular formula is C9H12Cl3N3O2. The Labute approximate surface area is 114 Å². The molecule has 1 aliphatic rings. The van der Waals surface area contributed by atoms with Crippen molar-refractivity contribution < 1.29 is 9.59 Å². The van der Waals surface area contributed by atoms with Gasteiger partial charge in [-0.2, -0.15) is 5.10 Å². The quantitative estimate of drug-likeness (QED) is 0.782. The minimum absolute atomic E-state index is 0.312. The Hall–Kier alpha value is -0.520. The smallest absolute Gasteiger partial charge is 0.253 e. The normalized spacial score (nSPS) is 22.5. The van der Waals surface area contributed by atoms with Crippen molar-refractivity contribution in [1.29, 1.82) is 0 Å². The molecule has 0 aromatic rings. The standard InChI is InChI=1S/C9H12Cl3N3O2/c1-4-6(8(17)15(3)14-4)7(9(10,11)12)13-5(2)16/h6-7H,1-3H3,(H,13,16)/t6-,7-/m1/s1. The summed E-state index contributed by atoms with van der Waals surface area (Å²) >= 11 is 17.4. The third-order valence-electron chi connectivity index (χ3n) is 2.39. The van der Waals surface area contributed by atoms with Gasteiger partial charge in [-0.05, 0) is 6.92 Å². The number of nitrogens with zero attached hydrogens (tertiary/aromatic N) is 2. The average molecular weight is 301 g/mol. The lowest BCUT2D eigenvalue weighted by molar-refractivity contribution is -0.131. The van der Waals surface area contributed by atoms with E-state index in [1.165, 1.54) is 19.0 Å². The molecule has 8 heteroatoms. The number of nitrogens with one attached hydrogen (secondary N) is 1. The van der Waals surface area contributed by atoms with Crippen LogP contribution >= 0.6 is 34.8 Å². The fourth-order valence-corrected chi connectivity index (χ4v) is 2.23. The van der Waals surface area contributed by atoms with Crippen molar-refractivity contribution in [3.8, 4) is 0 Å². The molecule has 0 saturated heterocycles. The molecule has 1 aliphatic heterocycles. The first-order chi connectivity index (χ1) is 7.64. The van der Waals surface area contributed by atoms with Crippen LogP contribution in [0, 0.1) is 5.92 Å². The zero-order valence-electron chi connectivity index (χ0n) is 9.50. The first-order valence-corrected chi connectivity index (χ1v) is 5.94. The molecule has 0 spiro atoms. The fourth-order valence-electron chi connectivity index (χ4n) is 1.68. The molecular weight excluding hydrogens is 288 g/mol. The predicted molar refractivity (Wildman–Crippen MR) is 67.3 cm³/mol. The van der Waals surface area contributed by atoms with Gasteiger partial charge in [-0.3, -0.25) is 9.59 Å². The number of alkyl halides is 3. The van der Waals surface area contributed by atoms with Gasteiger partial charge in [-0.15, -0.1) is 0 Å². The number of hydrogen-bond donors (Lipinski definition) is 1. The molecule has 0 saturated carbocycles. The molecule has 1 heterocycles. The largest absolute Gasteiger partial charge is 0.348 e. The fraction of sp³-hybridized carbons (Fsp3) is 0.667. The van der Waals surface area contributed by atoms with Crippen molar-refractivity contribution in [2.24, 2.45) is 11.0 Å². The van der Waals surface area contributed by atoms with Gasteiger partial charge in [0.2, 0.25) is 9.70 Å². The van der Waals surface area contributed by atoms with E-state index in [9.17, 15) is 9.59 Å². The van der Waals surface area contributed by atoms with Crippen LogP contribution in [0.4, 0.5) is 0 Å². The second kappa shape index (κ2) is 5.00. The molecule has 1 N–H and O–H groups in total. The summed E-state index contributed by atoms with van der Waals surface area (Å²) in [5.41, 5.74) is 0.502. The van der Waals surface area contributed by atoms with Gasteiger partial charge < -0.3 is 5.32 Å². The summed E-state index contributed by atoms with van der Waals surface area (Å²) in [6.07, 6.45) is 0. The molecule has 0 bridgehead atoms. The number of halogens is 3. The number of carbonyl (C=O) groups excluding carboxylic acids is 2. The summed E-state index contributed by atoms with van der Waals surface area (Å²) in [5.74, 6) is -1.44. The number of carbonyl (C=O) groups is 2. The van der Waals surface area contributed by atoms with Gasteiger partial charge in [0.05, 0.1) is 11.8 Å². The molecule has 17 heavy (non-hydrogen) atoms. The van der Waals surface area contributed by atoms with E-state index >= 15 is 0 Å². The highest BCUT2D eigenvalue weighted by Gasteiger charge is 2.47. The maximum Gasteiger partial charge on any atom is 0.253 e. The van der Waals surface area contributed by atoms with Crippen molar-refractivity contribution in [1.82, 2.24) is 10.3 Å². The molecule has 0 aliphatic carbocycles. The molecule has 0 aromatic carbocycles. The predicted octanol–water partition coefficient (Wildman–Crippen LogP) is 1.33. The molecule has 1 rings (SSSR count). The highest BCUT2D eigenvalue weighted by molar-refractivity contribution is 6.68. The monoisotopic (exact) mass is 299 g/mol. The number of hydrogen-bond acceptors (Lipinski definition) is 3. The lowest BCUT2D eigenvalue weighted by atomic mass is 9.96. The van der Waals surface area contributed by atoms with Crippen molar-refractivity contribution in [3.63, 3.8) is 0 Å². The second-order valence-electron chi connectivity index (χ2n) is 3.80. The average Bonchev–Trinajstić information content (AvgIpc) is 2.36. The van der Waals surface area contributed by atoms with E-state index in [-0.39, 0.29) is 11.8 Å². The molecule has 5 nitrogen and oxygen atoms in total. The molecule has 2 amide bonds. The van der Waals surface area contributed by atoms with Crippen LogP contribution in [0.25, 0.3) is 0 Å². The van der Waals surface area contributed by atoms with Crippen LogP contribution in [0.15, 0.2) is 5.10 Å². The van der Waals surface area contributed by atoms with Crippen LogP contribution < -0.4 is 5.32 Å². The third kappa shape index (κ3) is 3.24. The Morgan fingerprint density at radius 2 is 2.06 bits per heavy atom. The van der Waals surface area contributed by atoms with Crippen molar-refractivity contribution in [2.45, 2.75) is 23.7 Å². The zero-order valence-corrected chi connectivity index (χ0v) is 11.8. The summed E-state index contributed by atoms with van der Waals surface area (Å²) in [5, 5.41) is 7.62. The van der Waals surface area contributed by atoms with Gasteiger partial charge in [0.15, 0.2) is 0 Å². The first-order valence-electron chi connectivity index (χ1n) is 4.81. The third-order valence-corrected chi connectivity index (χ3v) is 3.09. The van der Waals surface area contributed by atoms with Crippen molar-refractivity contribution in [3.05, 3.63) is 0 Å². The van der Waals surface area contributed by atoms with Crippen LogP contribution in [0.1, 0.15) is 13.8 Å². The lowest BCUT2D eigenvalue weighted by Gasteiger charge is -2.29. The van der Waals surface area contributed by atoms with Crippen LogP contribution in [0.5, 0.6) is 0 Å². The van der Waals surface area contributed by atoms with E-state index < -0.39 is 15.8 Å². The summed E-state index contributed by atoms with van der Waals surface area (Å²) < 4.78 is -1.78. The zero-order chi connectivity index (χ0) is 13.4. The minimum Gasteiger partial charge on any atom is -0.348 e. The Balaban J connectivity index is 3.04. The topological polar surface area (TPSA) is 61.8 Å². The molecule has 2 atom stereocenters. The summed E-state index contributed by atoms with van der Waals surface area (Å²) in [4.78, 5) is 23.0. The Morgan fingerprint density at radius 3 is 2.35 bits per heavy atom. The number of hydrazone groups is 1. The van der Waals surface area contributed by atoms with Crippen LogP contribution in [0.2, 0.25) is 0 Å². The van der Waals surface area contributed by atoms with Crippen LogP contribution in [-0.2, 0) is 9.59 Å². The molecule has 0 aromatic heterocycles. The number of rotatable bonds is 2. The van der Waals surface area contributed by atoms with E-state index in [1.54, 1.807) is 6.92 Å². The van der Waals surface area contributed by atoms with E-state index in [2.05, 4.69) is 10.4 Å². The van der Waals surface area contributed by atoms with E-state index in [0.717, 1.165) is 0 Å². The Kier molecular flexibility index (Phi) is 4.28. The van der Waals surface area contributed by atoms with Gasteiger partial charge in [-0.1, -0.05) is 34.8 Å². The van der Waals surface area contributed by atoms with Crippen molar-refractivity contribution in [2.75, 3.05) is 7.05 Å². The van der Waals surface area contributed by atoms with E-state index in [4.69, 9.17) is 34.8 Å². The van der Waals surface area contributed by atoms with Crippen LogP contribution in [0.3, 0.4) is 0 Å². The minimum atomic E-state index is -1.78. The van der Waals surface area contributed by atoms with E-state index in [1.807, 2.05) is 0 Å². The van der Waals surface area contributed by atoms with Crippen molar-refractivity contribution >= 4 is 52.3 Å². The lowest BCUT2D eigenvalue weighted by Crippen LogP contribution is -2.52. The van der Waals surface area contributed by atoms with Gasteiger partial charge in [0.25, 0.3) is 5.91 Å².